The van der Waals surface area contributed by atoms with Crippen LogP contribution in [0.15, 0.2) is 0 Å². The molecular weight excluding hydrogens is 304 g/mol. The number of aliphatic carboxylic acids is 1. The van der Waals surface area contributed by atoms with Crippen LogP contribution in [0.1, 0.15) is 54.4 Å². The Morgan fingerprint density at radius 1 is 1.00 bits per heavy atom. The van der Waals surface area contributed by atoms with Crippen LogP contribution in [0.5, 0.6) is 0 Å². The van der Waals surface area contributed by atoms with Gasteiger partial charge in [-0.2, -0.15) is 0 Å². The van der Waals surface area contributed by atoms with E-state index in [-0.39, 0.29) is 12.8 Å². The Bertz CT molecular complexity index is 436. The number of amides is 1. The van der Waals surface area contributed by atoms with Crippen LogP contribution in [0, 0.1) is 0 Å². The number of esters is 1. The summed E-state index contributed by atoms with van der Waals surface area (Å²) in [5, 5.41) is 11.4. The van der Waals surface area contributed by atoms with Gasteiger partial charge in [0.15, 0.2) is 0 Å². The second-order valence-corrected chi connectivity index (χ2v) is 7.25. The second kappa shape index (κ2) is 8.14. The van der Waals surface area contributed by atoms with Gasteiger partial charge in [0.1, 0.15) is 23.3 Å². The highest BCUT2D eigenvalue weighted by Gasteiger charge is 2.27. The molecule has 0 radical (unpaired) electrons. The van der Waals surface area contributed by atoms with E-state index in [1.807, 2.05) is 0 Å². The van der Waals surface area contributed by atoms with Crippen molar-refractivity contribution in [1.82, 2.24) is 5.32 Å². The lowest BCUT2D eigenvalue weighted by molar-refractivity contribution is -0.157. The number of alkyl carbamates (subject to hydrolysis) is 1. The molecule has 0 aromatic heterocycles. The molecule has 23 heavy (non-hydrogen) atoms. The molecule has 0 heterocycles. The first-order chi connectivity index (χ1) is 10.2. The van der Waals surface area contributed by atoms with Gasteiger partial charge in [0, 0.05) is 0 Å². The summed E-state index contributed by atoms with van der Waals surface area (Å²) in [5.41, 5.74) is 4.29. The summed E-state index contributed by atoms with van der Waals surface area (Å²) in [6, 6.07) is -2.16. The van der Waals surface area contributed by atoms with Gasteiger partial charge in [-0.3, -0.25) is 4.79 Å². The zero-order valence-electron chi connectivity index (χ0n) is 14.6. The van der Waals surface area contributed by atoms with Gasteiger partial charge in [-0.25, -0.2) is 9.59 Å². The molecule has 0 aliphatic rings. The maximum Gasteiger partial charge on any atom is 0.408 e. The monoisotopic (exact) mass is 332 g/mol. The van der Waals surface area contributed by atoms with Crippen LogP contribution in [0.2, 0.25) is 0 Å². The quantitative estimate of drug-likeness (QED) is 0.627. The summed E-state index contributed by atoms with van der Waals surface area (Å²) in [7, 11) is 0. The second-order valence-electron chi connectivity index (χ2n) is 7.25. The lowest BCUT2D eigenvalue weighted by Crippen LogP contribution is -2.45. The molecule has 1 amide bonds. The minimum absolute atomic E-state index is 0.0189. The minimum atomic E-state index is -1.23. The Balaban J connectivity index is 4.53. The average Bonchev–Trinajstić information content (AvgIpc) is 2.28. The Morgan fingerprint density at radius 3 is 1.87 bits per heavy atom. The van der Waals surface area contributed by atoms with Gasteiger partial charge >= 0.3 is 18.0 Å². The van der Waals surface area contributed by atoms with Gasteiger partial charge in [-0.1, -0.05) is 0 Å². The maximum absolute atomic E-state index is 11.7. The zero-order chi connectivity index (χ0) is 18.4. The molecule has 0 saturated heterocycles. The molecule has 1 unspecified atom stereocenters. The number of carboxylic acids is 1. The number of carbonyl (C=O) groups is 3. The fourth-order valence-electron chi connectivity index (χ4n) is 1.55. The summed E-state index contributed by atoms with van der Waals surface area (Å²) >= 11 is 0. The number of hydrogen-bond donors (Lipinski definition) is 3. The summed E-state index contributed by atoms with van der Waals surface area (Å²) in [4.78, 5) is 34.5. The molecular formula is C15H28N2O6. The number of nitrogens with two attached hydrogens (primary N) is 1. The van der Waals surface area contributed by atoms with E-state index in [2.05, 4.69) is 5.32 Å². The molecule has 0 saturated carbocycles. The van der Waals surface area contributed by atoms with Crippen LogP contribution < -0.4 is 11.1 Å². The molecule has 0 aromatic rings. The number of nitrogens with one attached hydrogen (secondary N) is 1. The fraction of sp³-hybridized carbons (Fsp3) is 0.800. The van der Waals surface area contributed by atoms with E-state index < -0.39 is 41.3 Å². The van der Waals surface area contributed by atoms with Gasteiger partial charge < -0.3 is 25.6 Å². The molecule has 0 aromatic carbocycles. The molecule has 0 rings (SSSR count). The number of rotatable bonds is 6. The van der Waals surface area contributed by atoms with Crippen LogP contribution in [0.3, 0.4) is 0 Å². The third-order valence-electron chi connectivity index (χ3n) is 2.46. The van der Waals surface area contributed by atoms with E-state index in [4.69, 9.17) is 20.3 Å². The van der Waals surface area contributed by atoms with Crippen molar-refractivity contribution in [2.45, 2.75) is 77.7 Å². The lowest BCUT2D eigenvalue weighted by atomic mass is 10.1. The zero-order valence-corrected chi connectivity index (χ0v) is 14.6. The van der Waals surface area contributed by atoms with Gasteiger partial charge in [0.25, 0.3) is 0 Å². The van der Waals surface area contributed by atoms with Crippen LogP contribution in [0.4, 0.5) is 4.79 Å². The molecule has 0 fully saturated rings. The third-order valence-corrected chi connectivity index (χ3v) is 2.46. The number of ether oxygens (including phenoxy) is 2. The fourth-order valence-corrected chi connectivity index (χ4v) is 1.55. The van der Waals surface area contributed by atoms with Crippen LogP contribution in [-0.2, 0) is 19.1 Å². The van der Waals surface area contributed by atoms with E-state index >= 15 is 0 Å². The molecule has 0 aliphatic carbocycles. The van der Waals surface area contributed by atoms with E-state index in [9.17, 15) is 14.4 Å². The molecule has 2 atom stereocenters. The molecule has 134 valence electrons. The van der Waals surface area contributed by atoms with Crippen molar-refractivity contribution in [3.63, 3.8) is 0 Å². The predicted octanol–water partition coefficient (Wildman–Crippen LogP) is 1.41. The molecule has 4 N–H and O–H groups in total. The standard InChI is InChI=1S/C15H28N2O6/c1-14(2,3)22-12(20)9(16)7-8-10(11(18)19)17-13(21)23-15(4,5)6/h9-10H,7-8,16H2,1-6H3,(H,17,21)(H,18,19)/t9?,10-/m0/s1. The summed E-state index contributed by atoms with van der Waals surface area (Å²) in [6.07, 6.45) is -0.799. The molecule has 8 heteroatoms. The highest BCUT2D eigenvalue weighted by atomic mass is 16.6. The van der Waals surface area contributed by atoms with Crippen molar-refractivity contribution in [3.8, 4) is 0 Å². The van der Waals surface area contributed by atoms with Gasteiger partial charge in [-0.15, -0.1) is 0 Å². The Kier molecular flexibility index (Phi) is 7.50. The van der Waals surface area contributed by atoms with E-state index in [1.54, 1.807) is 41.5 Å². The normalized spacial score (nSPS) is 14.6. The first-order valence-corrected chi connectivity index (χ1v) is 7.42. The summed E-state index contributed by atoms with van der Waals surface area (Å²) < 4.78 is 10.1. The Labute approximate surface area is 136 Å². The van der Waals surface area contributed by atoms with Gasteiger partial charge in [0.2, 0.25) is 0 Å². The highest BCUT2D eigenvalue weighted by molar-refractivity contribution is 5.80. The van der Waals surface area contributed by atoms with Crippen molar-refractivity contribution in [3.05, 3.63) is 0 Å². The van der Waals surface area contributed by atoms with Crippen molar-refractivity contribution >= 4 is 18.0 Å². The van der Waals surface area contributed by atoms with Crippen LogP contribution >= 0.6 is 0 Å². The first kappa shape index (κ1) is 21.2. The van der Waals surface area contributed by atoms with E-state index in [0.29, 0.717) is 0 Å². The number of carboxylic acid groups (broad SMARTS) is 1. The van der Waals surface area contributed by atoms with Crippen molar-refractivity contribution in [2.24, 2.45) is 5.73 Å². The Hall–Kier alpha value is -1.83. The van der Waals surface area contributed by atoms with Crippen LogP contribution in [-0.4, -0.2) is 46.4 Å². The summed E-state index contributed by atoms with van der Waals surface area (Å²) in [5.74, 6) is -1.84. The lowest BCUT2D eigenvalue weighted by Gasteiger charge is -2.24. The summed E-state index contributed by atoms with van der Waals surface area (Å²) in [6.45, 7) is 10.1. The van der Waals surface area contributed by atoms with Crippen LogP contribution in [0.25, 0.3) is 0 Å². The average molecular weight is 332 g/mol. The predicted molar refractivity (Wildman–Crippen MR) is 83.8 cm³/mol. The molecule has 0 aliphatic heterocycles. The van der Waals surface area contributed by atoms with E-state index in [1.165, 1.54) is 0 Å². The maximum atomic E-state index is 11.7. The first-order valence-electron chi connectivity index (χ1n) is 7.42. The highest BCUT2D eigenvalue weighted by Crippen LogP contribution is 2.11. The van der Waals surface area contributed by atoms with Crippen molar-refractivity contribution in [2.75, 3.05) is 0 Å². The SMILES string of the molecule is CC(C)(C)OC(=O)N[C@@H](CCC(N)C(=O)OC(C)(C)C)C(=O)O. The molecule has 8 nitrogen and oxygen atoms in total. The smallest absolute Gasteiger partial charge is 0.408 e. The van der Waals surface area contributed by atoms with Gasteiger partial charge in [-0.05, 0) is 54.4 Å². The minimum Gasteiger partial charge on any atom is -0.480 e. The van der Waals surface area contributed by atoms with Crippen molar-refractivity contribution in [1.29, 1.82) is 0 Å². The Morgan fingerprint density at radius 2 is 1.48 bits per heavy atom. The van der Waals surface area contributed by atoms with E-state index in [0.717, 1.165) is 0 Å². The topological polar surface area (TPSA) is 128 Å². The number of carbonyl (C=O) groups excluding carboxylic acids is 2. The molecule has 0 bridgehead atoms. The largest absolute Gasteiger partial charge is 0.480 e. The van der Waals surface area contributed by atoms with Gasteiger partial charge in [0.05, 0.1) is 0 Å². The number of hydrogen-bond acceptors (Lipinski definition) is 6. The third kappa shape index (κ3) is 10.5. The molecule has 0 spiro atoms. The van der Waals surface area contributed by atoms with Crippen molar-refractivity contribution < 1.29 is 29.0 Å².